The molecule has 1 aromatic heterocycles. The van der Waals surface area contributed by atoms with E-state index in [-0.39, 0.29) is 0 Å². The van der Waals surface area contributed by atoms with E-state index in [1.807, 2.05) is 6.07 Å². The lowest BCUT2D eigenvalue weighted by Gasteiger charge is -2.34. The normalized spacial score (nSPS) is 16.2. The van der Waals surface area contributed by atoms with Crippen molar-refractivity contribution in [3.63, 3.8) is 0 Å². The standard InChI is InChI=1S/C20H22N2O/c1-15-8-9-17-18(14-15)23-20(16-6-4-3-5-7-16)19(17)22-12-10-21(2)11-13-22/h3-9,14H,10-13H2,1-2H3. The number of furan rings is 1. The van der Waals surface area contributed by atoms with Crippen LogP contribution < -0.4 is 4.90 Å². The molecule has 0 saturated carbocycles. The largest absolute Gasteiger partial charge is 0.454 e. The van der Waals surface area contributed by atoms with Crippen molar-refractivity contribution in [3.05, 3.63) is 54.1 Å². The summed E-state index contributed by atoms with van der Waals surface area (Å²) in [6.45, 7) is 6.37. The van der Waals surface area contributed by atoms with Gasteiger partial charge in [-0.3, -0.25) is 0 Å². The third-order valence-electron chi connectivity index (χ3n) is 4.67. The van der Waals surface area contributed by atoms with E-state index < -0.39 is 0 Å². The summed E-state index contributed by atoms with van der Waals surface area (Å²) in [5.74, 6) is 0.996. The number of rotatable bonds is 2. The molecule has 0 bridgehead atoms. The average molecular weight is 306 g/mol. The highest BCUT2D eigenvalue weighted by Gasteiger charge is 2.23. The van der Waals surface area contributed by atoms with Gasteiger partial charge in [-0.15, -0.1) is 0 Å². The molecule has 23 heavy (non-hydrogen) atoms. The molecule has 1 aliphatic rings. The quantitative estimate of drug-likeness (QED) is 0.709. The monoisotopic (exact) mass is 306 g/mol. The molecule has 0 N–H and O–H groups in total. The van der Waals surface area contributed by atoms with Crippen LogP contribution in [0.4, 0.5) is 5.69 Å². The summed E-state index contributed by atoms with van der Waals surface area (Å²) >= 11 is 0. The number of piperazine rings is 1. The van der Waals surface area contributed by atoms with Crippen LogP contribution >= 0.6 is 0 Å². The molecule has 0 aliphatic carbocycles. The summed E-state index contributed by atoms with van der Waals surface area (Å²) in [7, 11) is 2.19. The fourth-order valence-corrected chi connectivity index (χ4v) is 3.32. The fourth-order valence-electron chi connectivity index (χ4n) is 3.32. The maximum absolute atomic E-state index is 6.29. The van der Waals surface area contributed by atoms with Crippen molar-refractivity contribution in [3.8, 4) is 11.3 Å². The summed E-state index contributed by atoms with van der Waals surface area (Å²) in [5.41, 5.74) is 4.61. The number of likely N-dealkylation sites (N-methyl/N-ethyl adjacent to an activating group) is 1. The van der Waals surface area contributed by atoms with Crippen molar-refractivity contribution in [1.82, 2.24) is 4.90 Å². The average Bonchev–Trinajstić information content (AvgIpc) is 2.95. The smallest absolute Gasteiger partial charge is 0.158 e. The first-order valence-corrected chi connectivity index (χ1v) is 8.24. The number of aryl methyl sites for hydroxylation is 1. The Balaban J connectivity index is 1.89. The Morgan fingerprint density at radius 1 is 0.913 bits per heavy atom. The Morgan fingerprint density at radius 2 is 1.65 bits per heavy atom. The maximum Gasteiger partial charge on any atom is 0.158 e. The Labute approximate surface area is 137 Å². The van der Waals surface area contributed by atoms with Crippen LogP contribution in [-0.4, -0.2) is 38.1 Å². The Kier molecular flexibility index (Phi) is 3.58. The van der Waals surface area contributed by atoms with Gasteiger partial charge in [-0.1, -0.05) is 36.4 Å². The summed E-state index contributed by atoms with van der Waals surface area (Å²) in [6.07, 6.45) is 0. The Morgan fingerprint density at radius 3 is 2.39 bits per heavy atom. The van der Waals surface area contributed by atoms with E-state index in [9.17, 15) is 0 Å². The van der Waals surface area contributed by atoms with E-state index in [1.165, 1.54) is 16.6 Å². The lowest BCUT2D eigenvalue weighted by molar-refractivity contribution is 0.313. The molecular weight excluding hydrogens is 284 g/mol. The molecule has 3 nitrogen and oxygen atoms in total. The SMILES string of the molecule is Cc1ccc2c(N3CCN(C)CC3)c(-c3ccccc3)oc2c1. The van der Waals surface area contributed by atoms with E-state index in [1.54, 1.807) is 0 Å². The number of nitrogens with zero attached hydrogens (tertiary/aromatic N) is 2. The Bertz CT molecular complexity index is 814. The molecule has 0 spiro atoms. The molecule has 3 aromatic rings. The zero-order valence-corrected chi connectivity index (χ0v) is 13.7. The number of anilines is 1. The minimum Gasteiger partial charge on any atom is -0.454 e. The van der Waals surface area contributed by atoms with Crippen LogP contribution in [0.3, 0.4) is 0 Å². The van der Waals surface area contributed by atoms with E-state index in [0.717, 1.165) is 43.1 Å². The first-order valence-electron chi connectivity index (χ1n) is 8.24. The van der Waals surface area contributed by atoms with Gasteiger partial charge in [0.15, 0.2) is 5.76 Å². The molecule has 1 aliphatic heterocycles. The van der Waals surface area contributed by atoms with Crippen LogP contribution in [0.1, 0.15) is 5.56 Å². The third-order valence-corrected chi connectivity index (χ3v) is 4.67. The predicted octanol–water partition coefficient (Wildman–Crippen LogP) is 4.16. The van der Waals surface area contributed by atoms with Gasteiger partial charge < -0.3 is 14.2 Å². The van der Waals surface area contributed by atoms with E-state index >= 15 is 0 Å². The zero-order valence-electron chi connectivity index (χ0n) is 13.7. The second kappa shape index (κ2) is 5.74. The minimum absolute atomic E-state index is 0.984. The fraction of sp³-hybridized carbons (Fsp3) is 0.300. The summed E-state index contributed by atoms with van der Waals surface area (Å²) in [6, 6.07) is 17.0. The molecule has 118 valence electrons. The minimum atomic E-state index is 0.984. The lowest BCUT2D eigenvalue weighted by atomic mass is 10.1. The van der Waals surface area contributed by atoms with Gasteiger partial charge in [0, 0.05) is 37.1 Å². The Hall–Kier alpha value is -2.26. The van der Waals surface area contributed by atoms with Crippen molar-refractivity contribution in [1.29, 1.82) is 0 Å². The van der Waals surface area contributed by atoms with Crippen LogP contribution in [0.2, 0.25) is 0 Å². The number of hydrogen-bond acceptors (Lipinski definition) is 3. The van der Waals surface area contributed by atoms with Crippen molar-refractivity contribution >= 4 is 16.7 Å². The zero-order chi connectivity index (χ0) is 15.8. The van der Waals surface area contributed by atoms with Crippen molar-refractivity contribution < 1.29 is 4.42 Å². The van der Waals surface area contributed by atoms with Crippen molar-refractivity contribution in [2.45, 2.75) is 6.92 Å². The van der Waals surface area contributed by atoms with E-state index in [4.69, 9.17) is 4.42 Å². The van der Waals surface area contributed by atoms with Gasteiger partial charge in [0.05, 0.1) is 5.69 Å². The number of fused-ring (bicyclic) bond motifs is 1. The van der Waals surface area contributed by atoms with E-state index in [2.05, 4.69) is 66.2 Å². The van der Waals surface area contributed by atoms with Crippen molar-refractivity contribution in [2.75, 3.05) is 38.1 Å². The van der Waals surface area contributed by atoms with Crippen LogP contribution in [0.5, 0.6) is 0 Å². The molecule has 1 fully saturated rings. The maximum atomic E-state index is 6.29. The van der Waals surface area contributed by atoms with Gasteiger partial charge in [-0.25, -0.2) is 0 Å². The topological polar surface area (TPSA) is 19.6 Å². The summed E-state index contributed by atoms with van der Waals surface area (Å²) in [5, 5.41) is 1.22. The highest BCUT2D eigenvalue weighted by atomic mass is 16.3. The van der Waals surface area contributed by atoms with Gasteiger partial charge in [0.2, 0.25) is 0 Å². The first-order chi connectivity index (χ1) is 11.2. The van der Waals surface area contributed by atoms with Gasteiger partial charge in [0.25, 0.3) is 0 Å². The van der Waals surface area contributed by atoms with E-state index in [0.29, 0.717) is 0 Å². The molecule has 0 atom stereocenters. The van der Waals surface area contributed by atoms with Crippen molar-refractivity contribution in [2.24, 2.45) is 0 Å². The van der Waals surface area contributed by atoms with Gasteiger partial charge in [-0.2, -0.15) is 0 Å². The molecule has 0 unspecified atom stereocenters. The second-order valence-electron chi connectivity index (χ2n) is 6.44. The molecule has 0 amide bonds. The van der Waals surface area contributed by atoms with Crippen LogP contribution in [-0.2, 0) is 0 Å². The molecular formula is C20H22N2O. The molecule has 1 saturated heterocycles. The van der Waals surface area contributed by atoms with Crippen LogP contribution in [0.25, 0.3) is 22.3 Å². The lowest BCUT2D eigenvalue weighted by Crippen LogP contribution is -2.44. The molecule has 4 rings (SSSR count). The van der Waals surface area contributed by atoms with Crippen LogP contribution in [0.15, 0.2) is 52.9 Å². The highest BCUT2D eigenvalue weighted by Crippen LogP contribution is 2.41. The molecule has 2 heterocycles. The molecule has 0 radical (unpaired) electrons. The second-order valence-corrected chi connectivity index (χ2v) is 6.44. The third kappa shape index (κ3) is 2.62. The predicted molar refractivity (Wildman–Crippen MR) is 96.1 cm³/mol. The van der Waals surface area contributed by atoms with Gasteiger partial charge in [0.1, 0.15) is 5.58 Å². The molecule has 2 aromatic carbocycles. The van der Waals surface area contributed by atoms with Crippen LogP contribution in [0, 0.1) is 6.92 Å². The first kappa shape index (κ1) is 14.3. The summed E-state index contributed by atoms with van der Waals surface area (Å²) in [4.78, 5) is 4.86. The number of benzene rings is 2. The summed E-state index contributed by atoms with van der Waals surface area (Å²) < 4.78 is 6.29. The molecule has 3 heteroatoms. The van der Waals surface area contributed by atoms with Gasteiger partial charge >= 0.3 is 0 Å². The number of hydrogen-bond donors (Lipinski definition) is 0. The van der Waals surface area contributed by atoms with Gasteiger partial charge in [-0.05, 0) is 31.7 Å². The highest BCUT2D eigenvalue weighted by molar-refractivity contribution is 5.99.